The van der Waals surface area contributed by atoms with Crippen LogP contribution in [-0.2, 0) is 4.74 Å². The summed E-state index contributed by atoms with van der Waals surface area (Å²) in [4.78, 5) is 0. The molecule has 70 valence electrons. The Bertz CT molecular complexity index is 164. The van der Waals surface area contributed by atoms with Crippen molar-refractivity contribution < 1.29 is 9.38 Å². The van der Waals surface area contributed by atoms with Gasteiger partial charge in [-0.2, -0.15) is 0 Å². The highest BCUT2D eigenvalue weighted by atomic mass is 16.5. The van der Waals surface area contributed by atoms with E-state index in [1.165, 1.54) is 0 Å². The predicted octanol–water partition coefficient (Wildman–Crippen LogP) is 0.987. The molecule has 12 heavy (non-hydrogen) atoms. The van der Waals surface area contributed by atoms with Gasteiger partial charge in [0.2, 0.25) is 0 Å². The molecule has 3 rings (SSSR count). The van der Waals surface area contributed by atoms with E-state index in [1.54, 1.807) is 7.11 Å². The molecule has 0 aromatic carbocycles. The number of hydrogen-bond acceptors (Lipinski definition) is 2. The molecule has 3 heteroatoms. The Kier molecular flexibility index (Phi) is 2.10. The monoisotopic (exact) mass is 171 g/mol. The van der Waals surface area contributed by atoms with Crippen molar-refractivity contribution in [2.24, 2.45) is 11.8 Å². The molecular weight excluding hydrogens is 154 g/mol. The molecular formula is C9H17NO2. The van der Waals surface area contributed by atoms with E-state index in [0.29, 0.717) is 5.92 Å². The predicted molar refractivity (Wildman–Crippen MR) is 46.3 cm³/mol. The molecule has 3 heterocycles. The summed E-state index contributed by atoms with van der Waals surface area (Å²) in [7, 11) is 1.73. The number of methoxy groups -OCH3 is 1. The second-order valence-electron chi connectivity index (χ2n) is 4.24. The quantitative estimate of drug-likeness (QED) is 0.458. The maximum atomic E-state index is 11.9. The minimum atomic E-state index is 0.0600. The maximum Gasteiger partial charge on any atom is 0.0837 e. The van der Waals surface area contributed by atoms with Crippen LogP contribution in [0.5, 0.6) is 0 Å². The van der Waals surface area contributed by atoms with Crippen LogP contribution in [0.2, 0.25) is 0 Å². The molecule has 1 atom stereocenters. The average molecular weight is 171 g/mol. The summed E-state index contributed by atoms with van der Waals surface area (Å²) in [6, 6.07) is 0. The SMILES string of the molecule is COCC1C[N+]2([O-])CCC1CC2. The highest BCUT2D eigenvalue weighted by molar-refractivity contribution is 4.79. The van der Waals surface area contributed by atoms with Gasteiger partial charge in [-0.25, -0.2) is 0 Å². The van der Waals surface area contributed by atoms with Gasteiger partial charge >= 0.3 is 0 Å². The summed E-state index contributed by atoms with van der Waals surface area (Å²) in [6.45, 7) is 3.29. The Balaban J connectivity index is 2.01. The highest BCUT2D eigenvalue weighted by Gasteiger charge is 2.40. The minimum Gasteiger partial charge on any atom is -0.633 e. The third-order valence-corrected chi connectivity index (χ3v) is 3.43. The largest absolute Gasteiger partial charge is 0.633 e. The first-order valence-electron chi connectivity index (χ1n) is 4.79. The van der Waals surface area contributed by atoms with Gasteiger partial charge in [0.25, 0.3) is 0 Å². The Morgan fingerprint density at radius 3 is 2.58 bits per heavy atom. The molecule has 0 aromatic rings. The van der Waals surface area contributed by atoms with Crippen LogP contribution in [0.4, 0.5) is 0 Å². The Morgan fingerprint density at radius 1 is 1.42 bits per heavy atom. The normalized spacial score (nSPS) is 46.5. The second kappa shape index (κ2) is 2.98. The van der Waals surface area contributed by atoms with Crippen LogP contribution in [0.1, 0.15) is 12.8 Å². The van der Waals surface area contributed by atoms with Crippen LogP contribution < -0.4 is 0 Å². The van der Waals surface area contributed by atoms with Crippen molar-refractivity contribution in [1.82, 2.24) is 0 Å². The lowest BCUT2D eigenvalue weighted by Gasteiger charge is -2.55. The molecule has 0 N–H and O–H groups in total. The van der Waals surface area contributed by atoms with Crippen LogP contribution in [0, 0.1) is 17.0 Å². The number of hydroxylamine groups is 3. The lowest BCUT2D eigenvalue weighted by molar-refractivity contribution is -0.901. The van der Waals surface area contributed by atoms with E-state index >= 15 is 0 Å². The second-order valence-corrected chi connectivity index (χ2v) is 4.24. The summed E-state index contributed by atoms with van der Waals surface area (Å²) < 4.78 is 5.19. The molecule has 3 aliphatic heterocycles. The summed E-state index contributed by atoms with van der Waals surface area (Å²) in [5.74, 6) is 1.31. The highest BCUT2D eigenvalue weighted by Crippen LogP contribution is 2.36. The number of rotatable bonds is 2. The van der Waals surface area contributed by atoms with Crippen LogP contribution in [-0.4, -0.2) is 38.0 Å². The third-order valence-electron chi connectivity index (χ3n) is 3.43. The topological polar surface area (TPSA) is 32.3 Å². The molecule has 0 amide bonds. The number of hydrogen-bond donors (Lipinski definition) is 0. The van der Waals surface area contributed by atoms with E-state index in [1.807, 2.05) is 0 Å². The Hall–Kier alpha value is -0.120. The van der Waals surface area contributed by atoms with Crippen molar-refractivity contribution in [3.8, 4) is 0 Å². The first kappa shape index (κ1) is 8.48. The van der Waals surface area contributed by atoms with Crippen LogP contribution in [0.3, 0.4) is 0 Å². The van der Waals surface area contributed by atoms with Crippen molar-refractivity contribution in [2.45, 2.75) is 12.8 Å². The van der Waals surface area contributed by atoms with Crippen molar-refractivity contribution in [3.63, 3.8) is 0 Å². The molecule has 1 unspecified atom stereocenters. The lowest BCUT2D eigenvalue weighted by atomic mass is 9.79. The molecule has 0 aromatic heterocycles. The van der Waals surface area contributed by atoms with Gasteiger partial charge in [0.15, 0.2) is 0 Å². The number of quaternary nitrogens is 1. The maximum absolute atomic E-state index is 11.9. The van der Waals surface area contributed by atoms with Gasteiger partial charge in [-0.15, -0.1) is 0 Å². The van der Waals surface area contributed by atoms with Crippen molar-refractivity contribution in [1.29, 1.82) is 0 Å². The molecule has 0 saturated carbocycles. The molecule has 2 bridgehead atoms. The first-order chi connectivity index (χ1) is 5.73. The summed E-state index contributed by atoms with van der Waals surface area (Å²) in [5, 5.41) is 11.9. The fraction of sp³-hybridized carbons (Fsp3) is 1.00. The standard InChI is InChI=1S/C9H17NO2/c1-12-7-9-6-10(11)4-2-8(9)3-5-10/h8-9H,2-7H2,1H3. The van der Waals surface area contributed by atoms with E-state index in [2.05, 4.69) is 0 Å². The number of fused-ring (bicyclic) bond motifs is 3. The molecule has 3 nitrogen and oxygen atoms in total. The van der Waals surface area contributed by atoms with Crippen molar-refractivity contribution in [2.75, 3.05) is 33.4 Å². The van der Waals surface area contributed by atoms with Gasteiger partial charge < -0.3 is 14.6 Å². The zero-order valence-corrected chi connectivity index (χ0v) is 7.66. The Labute approximate surface area is 73.5 Å². The van der Waals surface area contributed by atoms with Crippen LogP contribution >= 0.6 is 0 Å². The average Bonchev–Trinajstić information content (AvgIpc) is 2.05. The molecule has 3 fully saturated rings. The molecule has 0 aliphatic carbocycles. The van der Waals surface area contributed by atoms with Crippen LogP contribution in [0.15, 0.2) is 0 Å². The summed E-state index contributed by atoms with van der Waals surface area (Å²) in [5.41, 5.74) is 0. The van der Waals surface area contributed by atoms with Gasteiger partial charge in [0.05, 0.1) is 26.2 Å². The first-order valence-corrected chi connectivity index (χ1v) is 4.79. The van der Waals surface area contributed by atoms with E-state index in [4.69, 9.17) is 4.74 Å². The fourth-order valence-electron chi connectivity index (χ4n) is 2.69. The third kappa shape index (κ3) is 1.37. The zero-order valence-electron chi connectivity index (χ0n) is 7.66. The molecule has 3 aliphatic rings. The number of nitrogens with zero attached hydrogens (tertiary/aromatic N) is 1. The molecule has 0 spiro atoms. The Morgan fingerprint density at radius 2 is 2.08 bits per heavy atom. The van der Waals surface area contributed by atoms with Gasteiger partial charge in [-0.05, 0) is 5.92 Å². The zero-order chi connectivity index (χ0) is 8.60. The van der Waals surface area contributed by atoms with Crippen molar-refractivity contribution in [3.05, 3.63) is 5.21 Å². The summed E-state index contributed by atoms with van der Waals surface area (Å²) in [6.07, 6.45) is 2.25. The van der Waals surface area contributed by atoms with E-state index in [-0.39, 0.29) is 4.65 Å². The van der Waals surface area contributed by atoms with Crippen molar-refractivity contribution >= 4 is 0 Å². The van der Waals surface area contributed by atoms with E-state index in [0.717, 1.165) is 45.0 Å². The van der Waals surface area contributed by atoms with E-state index < -0.39 is 0 Å². The van der Waals surface area contributed by atoms with Crippen LogP contribution in [0.25, 0.3) is 0 Å². The molecule has 3 saturated heterocycles. The van der Waals surface area contributed by atoms with Gasteiger partial charge in [0, 0.05) is 25.9 Å². The lowest BCUT2D eigenvalue weighted by Crippen LogP contribution is -2.58. The van der Waals surface area contributed by atoms with Gasteiger partial charge in [-0.3, -0.25) is 0 Å². The fourth-order valence-corrected chi connectivity index (χ4v) is 2.69. The summed E-state index contributed by atoms with van der Waals surface area (Å²) >= 11 is 0. The van der Waals surface area contributed by atoms with Gasteiger partial charge in [0.1, 0.15) is 0 Å². The van der Waals surface area contributed by atoms with Gasteiger partial charge in [-0.1, -0.05) is 0 Å². The smallest absolute Gasteiger partial charge is 0.0837 e. The number of ether oxygens (including phenoxy) is 1. The molecule has 0 radical (unpaired) electrons. The minimum absolute atomic E-state index is 0.0600. The number of piperidine rings is 3. The van der Waals surface area contributed by atoms with E-state index in [9.17, 15) is 5.21 Å².